The number of benzene rings is 3. The van der Waals surface area contributed by atoms with Crippen LogP contribution in [0.15, 0.2) is 83.3 Å². The summed E-state index contributed by atoms with van der Waals surface area (Å²) in [5, 5.41) is 3.66. The van der Waals surface area contributed by atoms with Crippen LogP contribution in [-0.4, -0.2) is 50.0 Å². The Labute approximate surface area is 249 Å². The van der Waals surface area contributed by atoms with Gasteiger partial charge < -0.3 is 10.2 Å². The van der Waals surface area contributed by atoms with Crippen molar-refractivity contribution in [2.75, 3.05) is 17.1 Å². The molecule has 212 valence electrons. The molecule has 40 heavy (non-hydrogen) atoms. The number of nitrogens with one attached hydrogen (secondary N) is 1. The lowest BCUT2D eigenvalue weighted by Crippen LogP contribution is -2.54. The Morgan fingerprint density at radius 3 is 2.30 bits per heavy atom. The molecule has 1 atom stereocenters. The third-order valence-corrected chi connectivity index (χ3v) is 8.86. The first kappa shape index (κ1) is 30.1. The second kappa shape index (κ2) is 13.7. The van der Waals surface area contributed by atoms with Gasteiger partial charge >= 0.3 is 0 Å². The average molecular weight is 647 g/mol. The molecule has 3 aromatic carbocycles. The summed E-state index contributed by atoms with van der Waals surface area (Å²) in [6, 6.07) is 22.6. The zero-order valence-corrected chi connectivity index (χ0v) is 25.5. The molecule has 0 bridgehead atoms. The molecule has 0 aromatic heterocycles. The summed E-state index contributed by atoms with van der Waals surface area (Å²) in [6.45, 7) is -0.372. The average Bonchev–Trinajstić information content (AvgIpc) is 3.42. The smallest absolute Gasteiger partial charge is 0.244 e. The molecular formula is C30H33BrClN3O4S. The van der Waals surface area contributed by atoms with E-state index in [1.165, 1.54) is 4.90 Å². The van der Waals surface area contributed by atoms with E-state index in [0.29, 0.717) is 15.2 Å². The fourth-order valence-corrected chi connectivity index (χ4v) is 6.44. The van der Waals surface area contributed by atoms with Crippen molar-refractivity contribution in [2.45, 2.75) is 50.7 Å². The van der Waals surface area contributed by atoms with Crippen molar-refractivity contribution in [2.24, 2.45) is 0 Å². The van der Waals surface area contributed by atoms with Gasteiger partial charge in [0.05, 0.1) is 11.9 Å². The Morgan fingerprint density at radius 1 is 0.975 bits per heavy atom. The summed E-state index contributed by atoms with van der Waals surface area (Å²) >= 11 is 9.64. The highest BCUT2D eigenvalue weighted by Crippen LogP contribution is 2.24. The molecule has 1 aliphatic rings. The zero-order chi connectivity index (χ0) is 28.7. The Balaban J connectivity index is 1.72. The minimum Gasteiger partial charge on any atom is -0.352 e. The summed E-state index contributed by atoms with van der Waals surface area (Å²) in [5.74, 6) is -0.743. The maximum atomic E-state index is 14.1. The number of carbonyl (C=O) groups is 2. The Bertz CT molecular complexity index is 1430. The van der Waals surface area contributed by atoms with Crippen molar-refractivity contribution in [3.05, 3.63) is 99.5 Å². The molecule has 4 rings (SSSR count). The van der Waals surface area contributed by atoms with Gasteiger partial charge in [-0.3, -0.25) is 13.9 Å². The highest BCUT2D eigenvalue weighted by atomic mass is 79.9. The number of anilines is 1. The van der Waals surface area contributed by atoms with E-state index in [0.717, 1.165) is 47.4 Å². The molecule has 1 saturated carbocycles. The molecule has 10 heteroatoms. The van der Waals surface area contributed by atoms with Crippen LogP contribution in [0, 0.1) is 0 Å². The molecule has 0 radical (unpaired) electrons. The predicted octanol–water partition coefficient (Wildman–Crippen LogP) is 5.57. The van der Waals surface area contributed by atoms with E-state index in [1.54, 1.807) is 42.5 Å². The molecule has 0 aliphatic heterocycles. The van der Waals surface area contributed by atoms with Crippen LogP contribution in [0.1, 0.15) is 36.8 Å². The van der Waals surface area contributed by atoms with Crippen molar-refractivity contribution in [3.63, 3.8) is 0 Å². The van der Waals surface area contributed by atoms with Crippen molar-refractivity contribution in [1.82, 2.24) is 10.2 Å². The number of sulfonamides is 1. The topological polar surface area (TPSA) is 86.8 Å². The third kappa shape index (κ3) is 8.32. The summed E-state index contributed by atoms with van der Waals surface area (Å²) in [4.78, 5) is 29.4. The Morgan fingerprint density at radius 2 is 1.65 bits per heavy atom. The van der Waals surface area contributed by atoms with Crippen molar-refractivity contribution >= 4 is 55.1 Å². The first-order chi connectivity index (χ1) is 19.1. The third-order valence-electron chi connectivity index (χ3n) is 6.99. The summed E-state index contributed by atoms with van der Waals surface area (Å²) in [6.07, 6.45) is 5.25. The number of hydrogen-bond donors (Lipinski definition) is 1. The van der Waals surface area contributed by atoms with Crippen LogP contribution in [-0.2, 0) is 32.6 Å². The normalized spacial score (nSPS) is 14.5. The van der Waals surface area contributed by atoms with Crippen LogP contribution < -0.4 is 9.62 Å². The highest BCUT2D eigenvalue weighted by Gasteiger charge is 2.34. The first-order valence-electron chi connectivity index (χ1n) is 13.2. The fourth-order valence-electron chi connectivity index (χ4n) is 5.00. The van der Waals surface area contributed by atoms with Crippen molar-refractivity contribution in [1.29, 1.82) is 0 Å². The van der Waals surface area contributed by atoms with Crippen molar-refractivity contribution < 1.29 is 18.0 Å². The Hall–Kier alpha value is -2.88. The van der Waals surface area contributed by atoms with Gasteiger partial charge in [0.25, 0.3) is 0 Å². The highest BCUT2D eigenvalue weighted by molar-refractivity contribution is 9.10. The van der Waals surface area contributed by atoms with Crippen LogP contribution in [0.5, 0.6) is 0 Å². The van der Waals surface area contributed by atoms with Gasteiger partial charge in [0.2, 0.25) is 21.8 Å². The van der Waals surface area contributed by atoms with Crippen LogP contribution in [0.3, 0.4) is 0 Å². The van der Waals surface area contributed by atoms with Gasteiger partial charge in [-0.15, -0.1) is 0 Å². The van der Waals surface area contributed by atoms with E-state index in [1.807, 2.05) is 36.4 Å². The van der Waals surface area contributed by atoms with Gasteiger partial charge in [-0.25, -0.2) is 8.42 Å². The van der Waals surface area contributed by atoms with Crippen molar-refractivity contribution in [3.8, 4) is 0 Å². The lowest BCUT2D eigenvalue weighted by molar-refractivity contribution is -0.140. The van der Waals surface area contributed by atoms with Gasteiger partial charge in [-0.1, -0.05) is 88.9 Å². The van der Waals surface area contributed by atoms with E-state index in [-0.39, 0.29) is 24.9 Å². The van der Waals surface area contributed by atoms with Gasteiger partial charge in [0.15, 0.2) is 0 Å². The summed E-state index contributed by atoms with van der Waals surface area (Å²) < 4.78 is 27.5. The molecule has 1 N–H and O–H groups in total. The molecule has 0 unspecified atom stereocenters. The van der Waals surface area contributed by atoms with Gasteiger partial charge in [0.1, 0.15) is 12.6 Å². The van der Waals surface area contributed by atoms with Gasteiger partial charge in [0, 0.05) is 28.5 Å². The SMILES string of the molecule is CS(=O)(=O)N(CC(=O)N(Cc1cccc(Cl)c1)[C@H](Cc1ccccc1)C(=O)NC1CCCC1)c1cccc(Br)c1. The quantitative estimate of drug-likeness (QED) is 0.295. The zero-order valence-electron chi connectivity index (χ0n) is 22.3. The second-order valence-corrected chi connectivity index (χ2v) is 13.4. The lowest BCUT2D eigenvalue weighted by Gasteiger charge is -2.34. The van der Waals surface area contributed by atoms with E-state index in [4.69, 9.17) is 11.6 Å². The van der Waals surface area contributed by atoms with E-state index >= 15 is 0 Å². The largest absolute Gasteiger partial charge is 0.352 e. The molecule has 1 fully saturated rings. The van der Waals surface area contributed by atoms with Crippen LogP contribution >= 0.6 is 27.5 Å². The maximum absolute atomic E-state index is 14.1. The standard InChI is InChI=1S/C30H33BrClN3O4S/c1-40(38,39)35(27-16-8-12-24(31)19-27)21-29(36)34(20-23-11-7-13-25(32)17-23)28(18-22-9-3-2-4-10-22)30(37)33-26-14-5-6-15-26/h2-4,7-13,16-17,19,26,28H,5-6,14-15,18,20-21H2,1H3,(H,33,37)/t28-/m1/s1. The maximum Gasteiger partial charge on any atom is 0.244 e. The summed E-state index contributed by atoms with van der Waals surface area (Å²) in [5.41, 5.74) is 1.98. The van der Waals surface area contributed by atoms with Crippen LogP contribution in [0.2, 0.25) is 5.02 Å². The minimum atomic E-state index is -3.82. The molecule has 0 spiro atoms. The van der Waals surface area contributed by atoms with Gasteiger partial charge in [-0.05, 0) is 54.3 Å². The summed E-state index contributed by atoms with van der Waals surface area (Å²) in [7, 11) is -3.82. The number of hydrogen-bond acceptors (Lipinski definition) is 4. The number of amides is 2. The number of nitrogens with zero attached hydrogens (tertiary/aromatic N) is 2. The minimum absolute atomic E-state index is 0.0584. The predicted molar refractivity (Wildman–Crippen MR) is 163 cm³/mol. The molecule has 3 aromatic rings. The van der Waals surface area contributed by atoms with Gasteiger partial charge in [-0.2, -0.15) is 0 Å². The first-order valence-corrected chi connectivity index (χ1v) is 16.2. The molecule has 0 heterocycles. The lowest BCUT2D eigenvalue weighted by atomic mass is 10.0. The second-order valence-electron chi connectivity index (χ2n) is 10.1. The van der Waals surface area contributed by atoms with Crippen LogP contribution in [0.25, 0.3) is 0 Å². The molecule has 2 amide bonds. The Kier molecular flexibility index (Phi) is 10.3. The van der Waals surface area contributed by atoms with E-state index in [9.17, 15) is 18.0 Å². The number of carbonyl (C=O) groups excluding carboxylic acids is 2. The van der Waals surface area contributed by atoms with Crippen LogP contribution in [0.4, 0.5) is 5.69 Å². The molecule has 7 nitrogen and oxygen atoms in total. The van der Waals surface area contributed by atoms with E-state index < -0.39 is 28.5 Å². The number of halogens is 2. The number of rotatable bonds is 11. The monoisotopic (exact) mass is 645 g/mol. The molecule has 0 saturated heterocycles. The molecule has 1 aliphatic carbocycles. The molecular weight excluding hydrogens is 614 g/mol. The fraction of sp³-hybridized carbons (Fsp3) is 0.333. The van der Waals surface area contributed by atoms with E-state index in [2.05, 4.69) is 21.2 Å².